The quantitative estimate of drug-likeness (QED) is 0.789. The topological polar surface area (TPSA) is 49.4 Å². The van der Waals surface area contributed by atoms with Crippen molar-refractivity contribution in [1.82, 2.24) is 0 Å². The van der Waals surface area contributed by atoms with E-state index < -0.39 is 0 Å². The van der Waals surface area contributed by atoms with Crippen LogP contribution in [-0.2, 0) is 4.79 Å². The standard InChI is InChI=1S/C23H24N2O2/c1-2-20(26)24-18-6-7-19-21-16(18)4-3-5-17(21)22(27)25(19)14-23-11-8-15(9-12-23)10-13-23/h2-7,15H,1,8-14H2,(H,24,26). The number of rotatable bonds is 4. The SMILES string of the molecule is C=CC(=O)Nc1ccc2c3c(cccc13)C(=O)N2CC12CCC(CC1)CC2. The lowest BCUT2D eigenvalue weighted by molar-refractivity contribution is -0.111. The molecule has 1 aliphatic heterocycles. The van der Waals surface area contributed by atoms with E-state index in [-0.39, 0.29) is 17.2 Å². The van der Waals surface area contributed by atoms with Crippen LogP contribution < -0.4 is 10.2 Å². The van der Waals surface area contributed by atoms with Crippen LogP contribution in [0.1, 0.15) is 48.9 Å². The summed E-state index contributed by atoms with van der Waals surface area (Å²) >= 11 is 0. The Morgan fingerprint density at radius 2 is 1.93 bits per heavy atom. The number of hydrogen-bond acceptors (Lipinski definition) is 2. The number of carbonyl (C=O) groups is 2. The maximum absolute atomic E-state index is 13.2. The van der Waals surface area contributed by atoms with Crippen LogP contribution >= 0.6 is 0 Å². The Hall–Kier alpha value is -2.62. The summed E-state index contributed by atoms with van der Waals surface area (Å²) in [5.74, 6) is 0.775. The van der Waals surface area contributed by atoms with Crippen molar-refractivity contribution in [3.63, 3.8) is 0 Å². The van der Waals surface area contributed by atoms with Gasteiger partial charge >= 0.3 is 0 Å². The van der Waals surface area contributed by atoms with Gasteiger partial charge in [0.1, 0.15) is 0 Å². The summed E-state index contributed by atoms with van der Waals surface area (Å²) in [6.45, 7) is 4.34. The van der Waals surface area contributed by atoms with Crippen molar-refractivity contribution in [3.05, 3.63) is 48.6 Å². The molecule has 4 nitrogen and oxygen atoms in total. The van der Waals surface area contributed by atoms with Gasteiger partial charge in [0.2, 0.25) is 5.91 Å². The first kappa shape index (κ1) is 16.5. The molecule has 2 amide bonds. The third-order valence-electron chi connectivity index (χ3n) is 6.97. The summed E-state index contributed by atoms with van der Waals surface area (Å²) in [5, 5.41) is 4.75. The first-order valence-electron chi connectivity index (χ1n) is 9.91. The molecular weight excluding hydrogens is 336 g/mol. The molecule has 0 saturated heterocycles. The first-order valence-corrected chi connectivity index (χ1v) is 9.91. The van der Waals surface area contributed by atoms with Crippen LogP contribution in [0, 0.1) is 11.3 Å². The Labute approximate surface area is 159 Å². The molecule has 2 aromatic carbocycles. The summed E-state index contributed by atoms with van der Waals surface area (Å²) in [6, 6.07) is 9.67. The third-order valence-corrected chi connectivity index (χ3v) is 6.97. The van der Waals surface area contributed by atoms with E-state index in [0.717, 1.165) is 40.2 Å². The molecule has 4 heteroatoms. The predicted octanol–water partition coefficient (Wildman–Crippen LogP) is 4.89. The lowest BCUT2D eigenvalue weighted by Gasteiger charge is -2.48. The van der Waals surface area contributed by atoms with Gasteiger partial charge in [-0.15, -0.1) is 0 Å². The van der Waals surface area contributed by atoms with E-state index >= 15 is 0 Å². The van der Waals surface area contributed by atoms with Gasteiger partial charge in [-0.05, 0) is 74.1 Å². The van der Waals surface area contributed by atoms with Gasteiger partial charge in [0.25, 0.3) is 5.91 Å². The monoisotopic (exact) mass is 360 g/mol. The lowest BCUT2D eigenvalue weighted by Crippen LogP contribution is -2.44. The fourth-order valence-electron chi connectivity index (χ4n) is 5.41. The number of nitrogens with zero attached hydrogens (tertiary/aromatic N) is 1. The van der Waals surface area contributed by atoms with E-state index in [1.54, 1.807) is 0 Å². The Kier molecular flexibility index (Phi) is 3.64. The molecule has 3 aliphatic carbocycles. The molecule has 6 rings (SSSR count). The van der Waals surface area contributed by atoms with Crippen molar-refractivity contribution in [2.75, 3.05) is 16.8 Å². The van der Waals surface area contributed by atoms with E-state index in [0.29, 0.717) is 0 Å². The molecule has 1 heterocycles. The second kappa shape index (κ2) is 5.95. The zero-order valence-electron chi connectivity index (χ0n) is 15.5. The van der Waals surface area contributed by atoms with Gasteiger partial charge in [0.15, 0.2) is 0 Å². The summed E-state index contributed by atoms with van der Waals surface area (Å²) < 4.78 is 0. The van der Waals surface area contributed by atoms with Crippen LogP contribution in [0.4, 0.5) is 11.4 Å². The third kappa shape index (κ3) is 2.50. The minimum atomic E-state index is -0.241. The maximum Gasteiger partial charge on any atom is 0.259 e. The summed E-state index contributed by atoms with van der Waals surface area (Å²) in [7, 11) is 0. The van der Waals surface area contributed by atoms with Gasteiger partial charge in [-0.1, -0.05) is 18.7 Å². The Bertz CT molecular complexity index is 956. The van der Waals surface area contributed by atoms with E-state index in [9.17, 15) is 9.59 Å². The highest BCUT2D eigenvalue weighted by Gasteiger charge is 2.44. The number of benzene rings is 2. The van der Waals surface area contributed by atoms with Crippen LogP contribution in [0.5, 0.6) is 0 Å². The van der Waals surface area contributed by atoms with Crippen molar-refractivity contribution in [3.8, 4) is 0 Å². The smallest absolute Gasteiger partial charge is 0.259 e. The van der Waals surface area contributed by atoms with Gasteiger partial charge in [-0.25, -0.2) is 0 Å². The first-order chi connectivity index (χ1) is 13.1. The lowest BCUT2D eigenvalue weighted by atomic mass is 9.60. The number of nitrogens with one attached hydrogen (secondary N) is 1. The zero-order valence-corrected chi connectivity index (χ0v) is 15.5. The van der Waals surface area contributed by atoms with Crippen LogP contribution in [0.25, 0.3) is 10.8 Å². The molecule has 138 valence electrons. The van der Waals surface area contributed by atoms with Crippen molar-refractivity contribution in [2.45, 2.75) is 38.5 Å². The normalized spacial score (nSPS) is 25.9. The molecule has 0 spiro atoms. The highest BCUT2D eigenvalue weighted by Crippen LogP contribution is 2.52. The molecular formula is C23H24N2O2. The summed E-state index contributed by atoms with van der Waals surface area (Å²) in [6.07, 6.45) is 8.95. The Balaban J connectivity index is 1.55. The van der Waals surface area contributed by atoms with Gasteiger partial charge in [0.05, 0.1) is 5.69 Å². The van der Waals surface area contributed by atoms with E-state index in [1.807, 2.05) is 35.2 Å². The highest BCUT2D eigenvalue weighted by atomic mass is 16.2. The fraction of sp³-hybridized carbons (Fsp3) is 0.391. The van der Waals surface area contributed by atoms with Crippen molar-refractivity contribution in [2.24, 2.45) is 11.3 Å². The highest BCUT2D eigenvalue weighted by molar-refractivity contribution is 6.27. The number of carbonyl (C=O) groups excluding carboxylic acids is 2. The predicted molar refractivity (Wildman–Crippen MR) is 108 cm³/mol. The Morgan fingerprint density at radius 3 is 2.63 bits per heavy atom. The Morgan fingerprint density at radius 1 is 1.19 bits per heavy atom. The molecule has 2 bridgehead atoms. The van der Waals surface area contributed by atoms with Crippen LogP contribution in [-0.4, -0.2) is 18.4 Å². The average Bonchev–Trinajstić information content (AvgIpc) is 2.98. The van der Waals surface area contributed by atoms with Gasteiger partial charge in [-0.2, -0.15) is 0 Å². The van der Waals surface area contributed by atoms with E-state index in [2.05, 4.69) is 11.9 Å². The average molecular weight is 360 g/mol. The van der Waals surface area contributed by atoms with Crippen molar-refractivity contribution < 1.29 is 9.59 Å². The van der Waals surface area contributed by atoms with E-state index in [1.165, 1.54) is 44.6 Å². The van der Waals surface area contributed by atoms with Crippen LogP contribution in [0.2, 0.25) is 0 Å². The maximum atomic E-state index is 13.2. The minimum Gasteiger partial charge on any atom is -0.322 e. The molecule has 0 aromatic heterocycles. The molecule has 27 heavy (non-hydrogen) atoms. The second-order valence-corrected chi connectivity index (χ2v) is 8.43. The minimum absolute atomic E-state index is 0.102. The van der Waals surface area contributed by atoms with Crippen molar-refractivity contribution in [1.29, 1.82) is 0 Å². The van der Waals surface area contributed by atoms with Gasteiger partial charge in [0, 0.05) is 28.6 Å². The molecule has 3 saturated carbocycles. The number of hydrogen-bond donors (Lipinski definition) is 1. The van der Waals surface area contributed by atoms with Crippen LogP contribution in [0.15, 0.2) is 43.0 Å². The number of amides is 2. The second-order valence-electron chi connectivity index (χ2n) is 8.43. The van der Waals surface area contributed by atoms with E-state index in [4.69, 9.17) is 0 Å². The van der Waals surface area contributed by atoms with Gasteiger partial charge in [-0.3, -0.25) is 9.59 Å². The van der Waals surface area contributed by atoms with Crippen molar-refractivity contribution >= 4 is 34.0 Å². The summed E-state index contributed by atoms with van der Waals surface area (Å²) in [4.78, 5) is 27.0. The molecule has 1 N–H and O–H groups in total. The zero-order chi connectivity index (χ0) is 18.6. The molecule has 0 unspecified atom stereocenters. The van der Waals surface area contributed by atoms with Gasteiger partial charge < -0.3 is 10.2 Å². The number of fused-ring (bicyclic) bond motifs is 3. The molecule has 4 aliphatic rings. The molecule has 2 aromatic rings. The fourth-order valence-corrected chi connectivity index (χ4v) is 5.41. The molecule has 0 radical (unpaired) electrons. The molecule has 0 atom stereocenters. The summed E-state index contributed by atoms with van der Waals surface area (Å²) in [5.41, 5.74) is 2.75. The number of anilines is 2. The molecule has 3 fully saturated rings. The largest absolute Gasteiger partial charge is 0.322 e. The van der Waals surface area contributed by atoms with Crippen LogP contribution in [0.3, 0.4) is 0 Å².